The quantitative estimate of drug-likeness (QED) is 0.181. The van der Waals surface area contributed by atoms with Crippen LogP contribution in [0.5, 0.6) is 0 Å². The lowest BCUT2D eigenvalue weighted by molar-refractivity contribution is -0.0107. The van der Waals surface area contributed by atoms with Crippen molar-refractivity contribution in [3.05, 3.63) is 96.2 Å². The number of aromatic nitrogens is 1. The highest BCUT2D eigenvalue weighted by atomic mass is 28.4. The third-order valence-electron chi connectivity index (χ3n) is 10.1. The van der Waals surface area contributed by atoms with Gasteiger partial charge in [-0.2, -0.15) is 0 Å². The summed E-state index contributed by atoms with van der Waals surface area (Å²) in [6.07, 6.45) is 7.28. The molecule has 3 heterocycles. The first-order chi connectivity index (χ1) is 19.4. The van der Waals surface area contributed by atoms with Crippen LogP contribution in [0, 0.1) is 5.41 Å². The van der Waals surface area contributed by atoms with Gasteiger partial charge >= 0.3 is 0 Å². The molecule has 2 aliphatic heterocycles. The molecule has 0 amide bonds. The number of nitrogens with one attached hydrogen (secondary N) is 1. The minimum Gasteiger partial charge on any atom is -0.407 e. The fraction of sp³-hybridized carbons (Fsp3) is 0.444. The van der Waals surface area contributed by atoms with Crippen LogP contribution < -0.4 is 10.4 Å². The molecule has 0 bridgehead atoms. The van der Waals surface area contributed by atoms with E-state index >= 15 is 0 Å². The standard InChI is InChI=1S/C36H46N2OSi/c1-5-36(23-14-25-38-26-22-31-30-20-12-13-21-32(30)37-33(31)34(36)38)24-15-27-39-40(35(2,3)4,28-16-8-6-9-17-28)29-18-10-7-11-19-29/h6-13,16-21,34,37H,5,14-15,22-27H2,1-4H3/t34?,36-/m0/s1. The Labute approximate surface area is 242 Å². The van der Waals surface area contributed by atoms with Gasteiger partial charge in [-0.3, -0.25) is 4.90 Å². The van der Waals surface area contributed by atoms with Crippen molar-refractivity contribution in [3.63, 3.8) is 0 Å². The fourth-order valence-electron chi connectivity index (χ4n) is 8.22. The van der Waals surface area contributed by atoms with Crippen LogP contribution in [0.1, 0.15) is 77.1 Å². The SMILES string of the molecule is CC[C@@]1(CCCO[Si](c2ccccc2)(c2ccccc2)C(C)(C)C)CCCN2CCc3c([nH]c4ccccc34)C21. The Bertz CT molecular complexity index is 1380. The van der Waals surface area contributed by atoms with Gasteiger partial charge in [0.2, 0.25) is 0 Å². The first-order valence-corrected chi connectivity index (χ1v) is 17.4. The van der Waals surface area contributed by atoms with Crippen LogP contribution in [0.15, 0.2) is 84.9 Å². The molecule has 1 fully saturated rings. The molecule has 4 aromatic rings. The summed E-state index contributed by atoms with van der Waals surface area (Å²) in [5.41, 5.74) is 4.66. The Morgan fingerprint density at radius 2 is 1.55 bits per heavy atom. The molecule has 2 aliphatic rings. The molecule has 0 saturated carbocycles. The van der Waals surface area contributed by atoms with E-state index in [0.717, 1.165) is 19.4 Å². The Morgan fingerprint density at radius 3 is 2.20 bits per heavy atom. The van der Waals surface area contributed by atoms with Crippen LogP contribution in [0.2, 0.25) is 5.04 Å². The molecule has 1 saturated heterocycles. The van der Waals surface area contributed by atoms with Crippen LogP contribution in [-0.4, -0.2) is 37.9 Å². The van der Waals surface area contributed by atoms with Crippen LogP contribution in [0.3, 0.4) is 0 Å². The number of para-hydroxylation sites is 1. The molecule has 0 spiro atoms. The molecular weight excluding hydrogens is 504 g/mol. The molecule has 0 radical (unpaired) electrons. The topological polar surface area (TPSA) is 28.3 Å². The van der Waals surface area contributed by atoms with Crippen molar-refractivity contribution < 1.29 is 4.43 Å². The monoisotopic (exact) mass is 550 g/mol. The van der Waals surface area contributed by atoms with Crippen molar-refractivity contribution in [2.24, 2.45) is 5.41 Å². The molecule has 6 rings (SSSR count). The number of aromatic amines is 1. The van der Waals surface area contributed by atoms with E-state index in [4.69, 9.17) is 4.43 Å². The predicted molar refractivity (Wildman–Crippen MR) is 171 cm³/mol. The number of H-pyrrole nitrogens is 1. The van der Waals surface area contributed by atoms with Gasteiger partial charge in [-0.15, -0.1) is 0 Å². The highest BCUT2D eigenvalue weighted by Crippen LogP contribution is 2.54. The van der Waals surface area contributed by atoms with Gasteiger partial charge in [-0.25, -0.2) is 0 Å². The van der Waals surface area contributed by atoms with E-state index in [0.29, 0.717) is 6.04 Å². The molecule has 1 unspecified atom stereocenters. The highest BCUT2D eigenvalue weighted by molar-refractivity contribution is 6.99. The van der Waals surface area contributed by atoms with Crippen LogP contribution in [0.25, 0.3) is 10.9 Å². The third-order valence-corrected chi connectivity index (χ3v) is 15.1. The summed E-state index contributed by atoms with van der Waals surface area (Å²) in [6.45, 7) is 12.8. The van der Waals surface area contributed by atoms with E-state index in [2.05, 4.69) is 123 Å². The molecule has 1 N–H and O–H groups in total. The zero-order chi connectivity index (χ0) is 27.8. The molecule has 3 aromatic carbocycles. The normalized spacial score (nSPS) is 21.8. The molecular formula is C36H46N2OSi. The Balaban J connectivity index is 1.29. The number of fused-ring (bicyclic) bond motifs is 5. The largest absolute Gasteiger partial charge is 0.407 e. The summed E-state index contributed by atoms with van der Waals surface area (Å²) in [4.78, 5) is 6.72. The number of hydrogen-bond acceptors (Lipinski definition) is 2. The maximum Gasteiger partial charge on any atom is 0.261 e. The van der Waals surface area contributed by atoms with Gasteiger partial charge in [0.25, 0.3) is 8.32 Å². The summed E-state index contributed by atoms with van der Waals surface area (Å²) in [7, 11) is -2.50. The van der Waals surface area contributed by atoms with Crippen molar-refractivity contribution in [2.45, 2.75) is 77.3 Å². The summed E-state index contributed by atoms with van der Waals surface area (Å²) < 4.78 is 7.32. The maximum atomic E-state index is 7.32. The molecule has 2 atom stereocenters. The van der Waals surface area contributed by atoms with Gasteiger partial charge in [0.15, 0.2) is 0 Å². The first kappa shape index (κ1) is 27.5. The number of piperidine rings is 1. The van der Waals surface area contributed by atoms with Crippen LogP contribution in [0.4, 0.5) is 0 Å². The van der Waals surface area contributed by atoms with Crippen molar-refractivity contribution in [3.8, 4) is 0 Å². The lowest BCUT2D eigenvalue weighted by Gasteiger charge is -2.52. The van der Waals surface area contributed by atoms with E-state index in [1.807, 2.05) is 0 Å². The van der Waals surface area contributed by atoms with Gasteiger partial charge in [0.1, 0.15) is 0 Å². The lowest BCUT2D eigenvalue weighted by atomic mass is 9.65. The predicted octanol–water partition coefficient (Wildman–Crippen LogP) is 7.61. The lowest BCUT2D eigenvalue weighted by Crippen LogP contribution is -2.66. The van der Waals surface area contributed by atoms with E-state index in [-0.39, 0.29) is 10.5 Å². The third kappa shape index (κ3) is 4.58. The number of rotatable bonds is 8. The highest BCUT2D eigenvalue weighted by Gasteiger charge is 2.51. The average molecular weight is 551 g/mol. The molecule has 210 valence electrons. The van der Waals surface area contributed by atoms with Crippen molar-refractivity contribution in [2.75, 3.05) is 19.7 Å². The minimum absolute atomic E-state index is 0.0163. The van der Waals surface area contributed by atoms with Gasteiger partial charge in [0, 0.05) is 29.7 Å². The van der Waals surface area contributed by atoms with Gasteiger partial charge in [-0.05, 0) is 77.5 Å². The summed E-state index contributed by atoms with van der Waals surface area (Å²) in [5, 5.41) is 4.20. The molecule has 4 heteroatoms. The van der Waals surface area contributed by atoms with Crippen LogP contribution >= 0.6 is 0 Å². The van der Waals surface area contributed by atoms with Crippen molar-refractivity contribution >= 4 is 29.6 Å². The molecule has 1 aromatic heterocycles. The zero-order valence-corrected chi connectivity index (χ0v) is 25.9. The fourth-order valence-corrected chi connectivity index (χ4v) is 12.8. The van der Waals surface area contributed by atoms with E-state index in [9.17, 15) is 0 Å². The number of hydrogen-bond donors (Lipinski definition) is 1. The van der Waals surface area contributed by atoms with Crippen LogP contribution in [-0.2, 0) is 10.8 Å². The van der Waals surface area contributed by atoms with Crippen molar-refractivity contribution in [1.29, 1.82) is 0 Å². The van der Waals surface area contributed by atoms with Gasteiger partial charge in [-0.1, -0.05) is 107 Å². The maximum absolute atomic E-state index is 7.32. The van der Waals surface area contributed by atoms with E-state index in [1.54, 1.807) is 5.56 Å². The Hall–Kier alpha value is -2.66. The number of benzene rings is 3. The smallest absolute Gasteiger partial charge is 0.261 e. The van der Waals surface area contributed by atoms with Gasteiger partial charge < -0.3 is 9.41 Å². The summed E-state index contributed by atoms with van der Waals surface area (Å²) >= 11 is 0. The van der Waals surface area contributed by atoms with E-state index < -0.39 is 8.32 Å². The minimum atomic E-state index is -2.50. The van der Waals surface area contributed by atoms with Gasteiger partial charge in [0.05, 0.1) is 6.04 Å². The average Bonchev–Trinajstić information content (AvgIpc) is 3.36. The second-order valence-corrected chi connectivity index (χ2v) is 17.5. The Morgan fingerprint density at radius 1 is 0.900 bits per heavy atom. The Kier molecular flexibility index (Phi) is 7.54. The first-order valence-electron chi connectivity index (χ1n) is 15.5. The number of nitrogens with zero attached hydrogens (tertiary/aromatic N) is 1. The van der Waals surface area contributed by atoms with E-state index in [1.165, 1.54) is 65.7 Å². The second-order valence-electron chi connectivity index (χ2n) is 13.2. The molecule has 40 heavy (non-hydrogen) atoms. The summed E-state index contributed by atoms with van der Waals surface area (Å²) in [5.74, 6) is 0. The van der Waals surface area contributed by atoms with Crippen molar-refractivity contribution in [1.82, 2.24) is 9.88 Å². The zero-order valence-electron chi connectivity index (χ0n) is 24.9. The second kappa shape index (κ2) is 11.0. The molecule has 0 aliphatic carbocycles. The molecule has 3 nitrogen and oxygen atoms in total. The summed E-state index contributed by atoms with van der Waals surface area (Å²) in [6, 6.07) is 31.6.